The molecule has 16 heavy (non-hydrogen) atoms. The molecule has 0 bridgehead atoms. The van der Waals surface area contributed by atoms with E-state index in [-0.39, 0.29) is 6.61 Å². The topological polar surface area (TPSA) is 99.6 Å². The van der Waals surface area contributed by atoms with Crippen LogP contribution < -0.4 is 16.8 Å². The maximum Gasteiger partial charge on any atom is 0.243 e. The number of nitrogens with one attached hydrogen (secondary N) is 1. The van der Waals surface area contributed by atoms with Gasteiger partial charge in [0.05, 0.1) is 19.8 Å². The number of primary amides is 1. The SMILES string of the molecule is C=C(CCN)NCCOCCOCC(N)=O. The van der Waals surface area contributed by atoms with Crippen LogP contribution in [-0.4, -0.2) is 45.4 Å². The number of carbonyl (C=O) groups is 1. The summed E-state index contributed by atoms with van der Waals surface area (Å²) in [4.78, 5) is 10.3. The Bertz CT molecular complexity index is 209. The zero-order valence-electron chi connectivity index (χ0n) is 9.54. The van der Waals surface area contributed by atoms with Gasteiger partial charge >= 0.3 is 0 Å². The van der Waals surface area contributed by atoms with Gasteiger partial charge in [0.25, 0.3) is 0 Å². The van der Waals surface area contributed by atoms with E-state index in [0.29, 0.717) is 32.9 Å². The van der Waals surface area contributed by atoms with Crippen LogP contribution in [0.4, 0.5) is 0 Å². The zero-order valence-corrected chi connectivity index (χ0v) is 9.54. The summed E-state index contributed by atoms with van der Waals surface area (Å²) in [6, 6.07) is 0. The van der Waals surface area contributed by atoms with Crippen molar-refractivity contribution in [2.45, 2.75) is 6.42 Å². The first kappa shape index (κ1) is 14.9. The lowest BCUT2D eigenvalue weighted by molar-refractivity contribution is -0.123. The molecule has 0 aliphatic rings. The Morgan fingerprint density at radius 2 is 1.94 bits per heavy atom. The van der Waals surface area contributed by atoms with E-state index in [9.17, 15) is 4.79 Å². The van der Waals surface area contributed by atoms with E-state index in [1.165, 1.54) is 0 Å². The fourth-order valence-corrected chi connectivity index (χ4v) is 0.955. The summed E-state index contributed by atoms with van der Waals surface area (Å²) >= 11 is 0. The summed E-state index contributed by atoms with van der Waals surface area (Å²) in [5, 5.41) is 3.08. The van der Waals surface area contributed by atoms with E-state index in [4.69, 9.17) is 20.9 Å². The molecule has 0 aromatic heterocycles. The molecule has 0 aromatic carbocycles. The van der Waals surface area contributed by atoms with Crippen molar-refractivity contribution in [1.29, 1.82) is 0 Å². The van der Waals surface area contributed by atoms with Crippen LogP contribution in [0.5, 0.6) is 0 Å². The standard InChI is InChI=1S/C10H21N3O3/c1-9(2-3-11)13-4-5-15-6-7-16-8-10(12)14/h13H,1-8,11H2,(H2,12,14). The summed E-state index contributed by atoms with van der Waals surface area (Å²) in [6.07, 6.45) is 0.766. The van der Waals surface area contributed by atoms with Gasteiger partial charge in [-0.2, -0.15) is 0 Å². The Hall–Kier alpha value is -1.11. The molecule has 6 heteroatoms. The molecule has 0 heterocycles. The molecule has 1 amide bonds. The second-order valence-electron chi connectivity index (χ2n) is 3.20. The summed E-state index contributed by atoms with van der Waals surface area (Å²) < 4.78 is 10.1. The highest BCUT2D eigenvalue weighted by Crippen LogP contribution is 1.88. The van der Waals surface area contributed by atoms with E-state index in [0.717, 1.165) is 12.1 Å². The first-order chi connectivity index (χ1) is 7.66. The van der Waals surface area contributed by atoms with Gasteiger partial charge < -0.3 is 26.3 Å². The van der Waals surface area contributed by atoms with Crippen molar-refractivity contribution in [3.05, 3.63) is 12.3 Å². The molecular formula is C10H21N3O3. The molecule has 0 atom stereocenters. The molecule has 0 rings (SSSR count). The van der Waals surface area contributed by atoms with E-state index >= 15 is 0 Å². The number of hydrogen-bond donors (Lipinski definition) is 3. The van der Waals surface area contributed by atoms with Gasteiger partial charge in [-0.15, -0.1) is 0 Å². The molecule has 0 saturated carbocycles. The van der Waals surface area contributed by atoms with Crippen LogP contribution in [0.1, 0.15) is 6.42 Å². The van der Waals surface area contributed by atoms with Crippen LogP contribution in [-0.2, 0) is 14.3 Å². The number of amides is 1. The van der Waals surface area contributed by atoms with Crippen molar-refractivity contribution in [2.24, 2.45) is 11.5 Å². The van der Waals surface area contributed by atoms with Crippen LogP contribution >= 0.6 is 0 Å². The molecule has 0 aromatic rings. The van der Waals surface area contributed by atoms with Crippen LogP contribution in [0, 0.1) is 0 Å². The molecule has 0 aliphatic carbocycles. The zero-order chi connectivity index (χ0) is 12.2. The van der Waals surface area contributed by atoms with Gasteiger partial charge in [0.2, 0.25) is 5.91 Å². The molecule has 5 N–H and O–H groups in total. The van der Waals surface area contributed by atoms with Crippen molar-refractivity contribution in [3.8, 4) is 0 Å². The molecule has 94 valence electrons. The molecule has 0 fully saturated rings. The number of nitrogens with two attached hydrogens (primary N) is 2. The summed E-state index contributed by atoms with van der Waals surface area (Å²) in [5.41, 5.74) is 11.1. The minimum absolute atomic E-state index is 0.0606. The second-order valence-corrected chi connectivity index (χ2v) is 3.20. The van der Waals surface area contributed by atoms with Crippen molar-refractivity contribution in [3.63, 3.8) is 0 Å². The van der Waals surface area contributed by atoms with E-state index in [2.05, 4.69) is 11.9 Å². The largest absolute Gasteiger partial charge is 0.386 e. The minimum Gasteiger partial charge on any atom is -0.386 e. The first-order valence-corrected chi connectivity index (χ1v) is 5.22. The Morgan fingerprint density at radius 3 is 2.56 bits per heavy atom. The number of ether oxygens (including phenoxy) is 2. The number of rotatable bonds is 11. The third kappa shape index (κ3) is 11.0. The predicted molar refractivity (Wildman–Crippen MR) is 61.6 cm³/mol. The summed E-state index contributed by atoms with van der Waals surface area (Å²) in [7, 11) is 0. The van der Waals surface area contributed by atoms with Gasteiger partial charge in [0.15, 0.2) is 0 Å². The average molecular weight is 231 g/mol. The Labute approximate surface area is 96.0 Å². The third-order valence-corrected chi connectivity index (χ3v) is 1.68. The van der Waals surface area contributed by atoms with Gasteiger partial charge in [-0.1, -0.05) is 6.58 Å². The quantitative estimate of drug-likeness (QED) is 0.394. The van der Waals surface area contributed by atoms with Crippen LogP contribution in [0.15, 0.2) is 12.3 Å². The first-order valence-electron chi connectivity index (χ1n) is 5.22. The average Bonchev–Trinajstić information content (AvgIpc) is 2.22. The highest BCUT2D eigenvalue weighted by molar-refractivity contribution is 5.74. The van der Waals surface area contributed by atoms with E-state index in [1.807, 2.05) is 0 Å². The lowest BCUT2D eigenvalue weighted by Crippen LogP contribution is -2.22. The summed E-state index contributed by atoms with van der Waals surface area (Å²) in [6.45, 7) is 6.38. The highest BCUT2D eigenvalue weighted by atomic mass is 16.5. The third-order valence-electron chi connectivity index (χ3n) is 1.68. The van der Waals surface area contributed by atoms with Crippen LogP contribution in [0.3, 0.4) is 0 Å². The van der Waals surface area contributed by atoms with Crippen molar-refractivity contribution < 1.29 is 14.3 Å². The molecule has 0 spiro atoms. The van der Waals surface area contributed by atoms with Crippen LogP contribution in [0.25, 0.3) is 0 Å². The number of carbonyl (C=O) groups excluding carboxylic acids is 1. The molecule has 0 unspecified atom stereocenters. The summed E-state index contributed by atoms with van der Waals surface area (Å²) in [5.74, 6) is -0.472. The van der Waals surface area contributed by atoms with E-state index < -0.39 is 5.91 Å². The van der Waals surface area contributed by atoms with Crippen LogP contribution in [0.2, 0.25) is 0 Å². The second kappa shape index (κ2) is 10.4. The van der Waals surface area contributed by atoms with Crippen molar-refractivity contribution in [1.82, 2.24) is 5.32 Å². The number of hydrogen-bond acceptors (Lipinski definition) is 5. The molecule has 0 aliphatic heterocycles. The fraction of sp³-hybridized carbons (Fsp3) is 0.700. The molecule has 0 saturated heterocycles. The van der Waals surface area contributed by atoms with Gasteiger partial charge in [0.1, 0.15) is 6.61 Å². The Morgan fingerprint density at radius 1 is 1.25 bits per heavy atom. The Kier molecular flexibility index (Phi) is 9.69. The maximum atomic E-state index is 10.3. The molecular weight excluding hydrogens is 210 g/mol. The minimum atomic E-state index is -0.472. The monoisotopic (exact) mass is 231 g/mol. The Balaban J connectivity index is 3.09. The van der Waals surface area contributed by atoms with Crippen molar-refractivity contribution in [2.75, 3.05) is 39.5 Å². The molecule has 0 radical (unpaired) electrons. The maximum absolute atomic E-state index is 10.3. The lowest BCUT2D eigenvalue weighted by Gasteiger charge is -2.08. The highest BCUT2D eigenvalue weighted by Gasteiger charge is 1.94. The predicted octanol–water partition coefficient (Wildman–Crippen LogP) is -1.04. The van der Waals surface area contributed by atoms with Gasteiger partial charge in [-0.05, 0) is 13.0 Å². The van der Waals surface area contributed by atoms with Gasteiger partial charge in [-0.25, -0.2) is 0 Å². The lowest BCUT2D eigenvalue weighted by atomic mass is 10.3. The smallest absolute Gasteiger partial charge is 0.243 e. The van der Waals surface area contributed by atoms with Gasteiger partial charge in [0, 0.05) is 12.2 Å². The fourth-order valence-electron chi connectivity index (χ4n) is 0.955. The van der Waals surface area contributed by atoms with Crippen molar-refractivity contribution >= 4 is 5.91 Å². The normalized spacial score (nSPS) is 10.1. The van der Waals surface area contributed by atoms with Gasteiger partial charge in [-0.3, -0.25) is 4.79 Å². The van der Waals surface area contributed by atoms with E-state index in [1.54, 1.807) is 0 Å². The molecule has 6 nitrogen and oxygen atoms in total.